The van der Waals surface area contributed by atoms with Crippen molar-refractivity contribution in [3.63, 3.8) is 0 Å². The largest absolute Gasteiger partial charge is 0.398 e. The molecule has 0 saturated carbocycles. The van der Waals surface area contributed by atoms with Crippen molar-refractivity contribution in [1.29, 1.82) is 0 Å². The van der Waals surface area contributed by atoms with Crippen molar-refractivity contribution in [3.05, 3.63) is 58.6 Å². The highest BCUT2D eigenvalue weighted by Crippen LogP contribution is 2.38. The van der Waals surface area contributed by atoms with Gasteiger partial charge >= 0.3 is 0 Å². The molecule has 0 heterocycles. The fourth-order valence-electron chi connectivity index (χ4n) is 1.61. The molecule has 2 aromatic carbocycles. The summed E-state index contributed by atoms with van der Waals surface area (Å²) in [4.78, 5) is 1.13. The van der Waals surface area contributed by atoms with Crippen LogP contribution in [-0.2, 0) is 0 Å². The third-order valence-corrected chi connectivity index (χ3v) is 4.29. The Morgan fingerprint density at radius 2 is 1.82 bits per heavy atom. The van der Waals surface area contributed by atoms with Crippen LogP contribution in [0.15, 0.2) is 57.9 Å². The van der Waals surface area contributed by atoms with Gasteiger partial charge in [-0.25, -0.2) is 0 Å². The van der Waals surface area contributed by atoms with Gasteiger partial charge in [-0.2, -0.15) is 0 Å². The van der Waals surface area contributed by atoms with E-state index >= 15 is 0 Å². The lowest BCUT2D eigenvalue weighted by Crippen LogP contribution is -1.92. The molecule has 1 atom stereocenters. The normalized spacial score (nSPS) is 12.4. The Labute approximate surface area is 115 Å². The second kappa shape index (κ2) is 5.61. The monoisotopic (exact) mass is 307 g/mol. The Balaban J connectivity index is 2.16. The van der Waals surface area contributed by atoms with E-state index in [1.54, 1.807) is 11.8 Å². The van der Waals surface area contributed by atoms with Crippen LogP contribution in [0.5, 0.6) is 0 Å². The molecule has 0 aliphatic heterocycles. The van der Waals surface area contributed by atoms with E-state index in [-0.39, 0.29) is 0 Å². The van der Waals surface area contributed by atoms with Crippen molar-refractivity contribution >= 4 is 33.4 Å². The zero-order valence-corrected chi connectivity index (χ0v) is 12.0. The Hall–Kier alpha value is -0.930. The van der Waals surface area contributed by atoms with E-state index in [1.807, 2.05) is 18.2 Å². The number of thioether (sulfide) groups is 1. The first-order valence-corrected chi connectivity index (χ1v) is 7.10. The van der Waals surface area contributed by atoms with Gasteiger partial charge in [0, 0.05) is 20.3 Å². The molecule has 0 amide bonds. The van der Waals surface area contributed by atoms with Crippen molar-refractivity contribution in [2.45, 2.75) is 17.1 Å². The fourth-order valence-corrected chi connectivity index (χ4v) is 3.00. The van der Waals surface area contributed by atoms with E-state index < -0.39 is 0 Å². The maximum Gasteiger partial charge on any atom is 0.0463 e. The third kappa shape index (κ3) is 3.27. The third-order valence-electron chi connectivity index (χ3n) is 2.54. The lowest BCUT2D eigenvalue weighted by atomic mass is 10.2. The molecule has 17 heavy (non-hydrogen) atoms. The predicted molar refractivity (Wildman–Crippen MR) is 79.3 cm³/mol. The summed E-state index contributed by atoms with van der Waals surface area (Å²) in [6, 6.07) is 16.5. The first-order chi connectivity index (χ1) is 8.16. The Kier molecular flexibility index (Phi) is 4.13. The molecule has 1 unspecified atom stereocenters. The van der Waals surface area contributed by atoms with E-state index in [0.717, 1.165) is 15.1 Å². The van der Waals surface area contributed by atoms with Gasteiger partial charge in [-0.1, -0.05) is 46.3 Å². The zero-order chi connectivity index (χ0) is 12.3. The van der Waals surface area contributed by atoms with Crippen LogP contribution in [0.4, 0.5) is 5.69 Å². The summed E-state index contributed by atoms with van der Waals surface area (Å²) in [6.45, 7) is 2.20. The van der Waals surface area contributed by atoms with Crippen molar-refractivity contribution < 1.29 is 0 Å². The summed E-state index contributed by atoms with van der Waals surface area (Å²) in [7, 11) is 0. The molecule has 2 N–H and O–H groups in total. The number of nitrogens with two attached hydrogens (primary N) is 1. The quantitative estimate of drug-likeness (QED) is 0.645. The van der Waals surface area contributed by atoms with Crippen LogP contribution in [0.3, 0.4) is 0 Å². The minimum atomic E-state index is 0.402. The van der Waals surface area contributed by atoms with Crippen LogP contribution in [-0.4, -0.2) is 0 Å². The average Bonchev–Trinajstić information content (AvgIpc) is 2.34. The van der Waals surface area contributed by atoms with E-state index in [2.05, 4.69) is 53.2 Å². The highest BCUT2D eigenvalue weighted by atomic mass is 79.9. The molecule has 0 aliphatic carbocycles. The highest BCUT2D eigenvalue weighted by Gasteiger charge is 2.09. The molecule has 0 bridgehead atoms. The Bertz CT molecular complexity index is 499. The first kappa shape index (κ1) is 12.5. The summed E-state index contributed by atoms with van der Waals surface area (Å²) >= 11 is 5.20. The molecular formula is C14H14BrNS. The van der Waals surface area contributed by atoms with Crippen molar-refractivity contribution in [3.8, 4) is 0 Å². The van der Waals surface area contributed by atoms with Crippen LogP contribution in [0.25, 0.3) is 0 Å². The number of benzene rings is 2. The summed E-state index contributed by atoms with van der Waals surface area (Å²) in [5.41, 5.74) is 8.14. The van der Waals surface area contributed by atoms with Crippen LogP contribution < -0.4 is 5.73 Å². The maximum absolute atomic E-state index is 6.00. The van der Waals surface area contributed by atoms with Gasteiger partial charge in [0.1, 0.15) is 0 Å². The minimum absolute atomic E-state index is 0.402. The lowest BCUT2D eigenvalue weighted by Gasteiger charge is -2.13. The topological polar surface area (TPSA) is 26.0 Å². The van der Waals surface area contributed by atoms with Crippen molar-refractivity contribution in [2.75, 3.05) is 5.73 Å². The molecule has 3 heteroatoms. The van der Waals surface area contributed by atoms with Gasteiger partial charge in [-0.3, -0.25) is 0 Å². The molecule has 0 aliphatic rings. The zero-order valence-electron chi connectivity index (χ0n) is 9.56. The summed E-state index contributed by atoms with van der Waals surface area (Å²) in [5, 5.41) is 0.402. The van der Waals surface area contributed by atoms with Crippen molar-refractivity contribution in [2.24, 2.45) is 0 Å². The SMILES string of the molecule is CC(Sc1ccc(Br)cc1N)c1ccccc1. The lowest BCUT2D eigenvalue weighted by molar-refractivity contribution is 1.10. The number of hydrogen-bond acceptors (Lipinski definition) is 2. The molecular weight excluding hydrogens is 294 g/mol. The fraction of sp³-hybridized carbons (Fsp3) is 0.143. The van der Waals surface area contributed by atoms with Gasteiger partial charge in [0.25, 0.3) is 0 Å². The number of hydrogen-bond donors (Lipinski definition) is 1. The molecule has 0 radical (unpaired) electrons. The van der Waals surface area contributed by atoms with Gasteiger partial charge in [0.15, 0.2) is 0 Å². The Morgan fingerprint density at radius 1 is 1.12 bits per heavy atom. The molecule has 0 aromatic heterocycles. The smallest absolute Gasteiger partial charge is 0.0463 e. The Morgan fingerprint density at radius 3 is 2.47 bits per heavy atom. The van der Waals surface area contributed by atoms with Gasteiger partial charge < -0.3 is 5.73 Å². The number of nitrogen functional groups attached to an aromatic ring is 1. The van der Waals surface area contributed by atoms with E-state index in [0.29, 0.717) is 5.25 Å². The summed E-state index contributed by atoms with van der Waals surface area (Å²) in [6.07, 6.45) is 0. The summed E-state index contributed by atoms with van der Waals surface area (Å²) in [5.74, 6) is 0. The van der Waals surface area contributed by atoms with Crippen LogP contribution >= 0.6 is 27.7 Å². The van der Waals surface area contributed by atoms with Crippen LogP contribution in [0.2, 0.25) is 0 Å². The van der Waals surface area contributed by atoms with Gasteiger partial charge in [-0.05, 0) is 30.7 Å². The predicted octanol–water partition coefficient (Wildman–Crippen LogP) is 4.88. The van der Waals surface area contributed by atoms with Gasteiger partial charge in [0.05, 0.1) is 0 Å². The molecule has 0 fully saturated rings. The molecule has 2 aromatic rings. The second-order valence-corrected chi connectivity index (χ2v) is 6.15. The number of halogens is 1. The molecule has 88 valence electrons. The summed E-state index contributed by atoms with van der Waals surface area (Å²) < 4.78 is 1.02. The van der Waals surface area contributed by atoms with Crippen LogP contribution in [0.1, 0.15) is 17.7 Å². The standard InChI is InChI=1S/C14H14BrNS/c1-10(11-5-3-2-4-6-11)17-14-8-7-12(15)9-13(14)16/h2-10H,16H2,1H3. The molecule has 1 nitrogen and oxygen atoms in total. The van der Waals surface area contributed by atoms with Gasteiger partial charge in [0.2, 0.25) is 0 Å². The van der Waals surface area contributed by atoms with Gasteiger partial charge in [-0.15, -0.1) is 11.8 Å². The maximum atomic E-state index is 6.00. The van der Waals surface area contributed by atoms with E-state index in [1.165, 1.54) is 5.56 Å². The second-order valence-electron chi connectivity index (χ2n) is 3.85. The number of rotatable bonds is 3. The molecule has 0 saturated heterocycles. The van der Waals surface area contributed by atoms with E-state index in [9.17, 15) is 0 Å². The molecule has 2 rings (SSSR count). The van der Waals surface area contributed by atoms with E-state index in [4.69, 9.17) is 5.73 Å². The highest BCUT2D eigenvalue weighted by molar-refractivity contribution is 9.10. The number of anilines is 1. The molecule has 0 spiro atoms. The van der Waals surface area contributed by atoms with Crippen LogP contribution in [0, 0.1) is 0 Å². The minimum Gasteiger partial charge on any atom is -0.398 e. The van der Waals surface area contributed by atoms with Crippen molar-refractivity contribution in [1.82, 2.24) is 0 Å². The first-order valence-electron chi connectivity index (χ1n) is 5.43. The average molecular weight is 308 g/mol.